The van der Waals surface area contributed by atoms with E-state index in [4.69, 9.17) is 4.74 Å². The van der Waals surface area contributed by atoms with Crippen molar-refractivity contribution >= 4 is 17.2 Å². The van der Waals surface area contributed by atoms with Crippen LogP contribution < -0.4 is 0 Å². The summed E-state index contributed by atoms with van der Waals surface area (Å²) in [7, 11) is 2.14. The van der Waals surface area contributed by atoms with Crippen LogP contribution in [0.3, 0.4) is 0 Å². The topological polar surface area (TPSA) is 45.7 Å². The quantitative estimate of drug-likeness (QED) is 0.833. The Kier molecular flexibility index (Phi) is 4.03. The van der Waals surface area contributed by atoms with Crippen molar-refractivity contribution in [2.24, 2.45) is 0 Å². The first-order chi connectivity index (χ1) is 10.00. The Morgan fingerprint density at radius 3 is 2.81 bits per heavy atom. The van der Waals surface area contributed by atoms with Gasteiger partial charge in [0, 0.05) is 18.5 Å². The van der Waals surface area contributed by atoms with Crippen molar-refractivity contribution in [1.29, 1.82) is 0 Å². The molecule has 2 saturated heterocycles. The lowest BCUT2D eigenvalue weighted by Gasteiger charge is -2.51. The molecule has 0 aromatic carbocycles. The number of hydrogen-bond donors (Lipinski definition) is 0. The summed E-state index contributed by atoms with van der Waals surface area (Å²) in [6, 6.07) is 0.106. The van der Waals surface area contributed by atoms with E-state index in [1.807, 2.05) is 17.2 Å². The molecule has 0 saturated carbocycles. The Morgan fingerprint density at radius 1 is 1.48 bits per heavy atom. The minimum Gasteiger partial charge on any atom is -0.363 e. The van der Waals surface area contributed by atoms with Crippen LogP contribution in [0.5, 0.6) is 0 Å². The molecule has 2 fully saturated rings. The van der Waals surface area contributed by atoms with Crippen LogP contribution in [-0.4, -0.2) is 59.1 Å². The Hall–Kier alpha value is -0.980. The highest BCUT2D eigenvalue weighted by molar-refractivity contribution is 7.09. The summed E-state index contributed by atoms with van der Waals surface area (Å²) in [5, 5.41) is 3.10. The Morgan fingerprint density at radius 2 is 2.19 bits per heavy atom. The molecule has 116 valence electrons. The zero-order valence-corrected chi connectivity index (χ0v) is 13.8. The molecule has 1 amide bonds. The second-order valence-electron chi connectivity index (χ2n) is 6.21. The number of rotatable bonds is 2. The molecule has 6 heteroatoms. The third kappa shape index (κ3) is 2.84. The van der Waals surface area contributed by atoms with Gasteiger partial charge in [0.2, 0.25) is 5.91 Å². The van der Waals surface area contributed by atoms with Crippen molar-refractivity contribution in [3.8, 4) is 0 Å². The summed E-state index contributed by atoms with van der Waals surface area (Å²) < 4.78 is 6.02. The fourth-order valence-electron chi connectivity index (χ4n) is 3.35. The van der Waals surface area contributed by atoms with Gasteiger partial charge in [-0.05, 0) is 33.7 Å². The van der Waals surface area contributed by atoms with Crippen molar-refractivity contribution in [3.05, 3.63) is 16.1 Å². The number of piperidine rings is 1. The number of morpholine rings is 1. The van der Waals surface area contributed by atoms with E-state index in [9.17, 15) is 4.79 Å². The van der Waals surface area contributed by atoms with E-state index in [1.165, 1.54) is 0 Å². The lowest BCUT2D eigenvalue weighted by Crippen LogP contribution is -2.63. The fourth-order valence-corrected chi connectivity index (χ4v) is 3.95. The molecular weight excluding hydrogens is 286 g/mol. The van der Waals surface area contributed by atoms with Gasteiger partial charge in [0.15, 0.2) is 0 Å². The second-order valence-corrected chi connectivity index (χ2v) is 7.27. The monoisotopic (exact) mass is 309 g/mol. The summed E-state index contributed by atoms with van der Waals surface area (Å²) in [6.07, 6.45) is 1.98. The fraction of sp³-hybridized carbons (Fsp3) is 0.733. The van der Waals surface area contributed by atoms with Crippen LogP contribution in [0.25, 0.3) is 0 Å². The van der Waals surface area contributed by atoms with Gasteiger partial charge >= 0.3 is 0 Å². The maximum Gasteiger partial charge on any atom is 0.249 e. The van der Waals surface area contributed by atoms with Crippen molar-refractivity contribution in [2.75, 3.05) is 26.7 Å². The summed E-state index contributed by atoms with van der Waals surface area (Å²) in [5.41, 5.74) is 0.813. The van der Waals surface area contributed by atoms with Crippen LogP contribution in [0.2, 0.25) is 0 Å². The molecule has 1 atom stereocenters. The van der Waals surface area contributed by atoms with Crippen LogP contribution in [0.15, 0.2) is 5.38 Å². The normalized spacial score (nSPS) is 26.5. The van der Waals surface area contributed by atoms with Gasteiger partial charge in [-0.3, -0.25) is 4.79 Å². The van der Waals surface area contributed by atoms with Crippen LogP contribution in [0, 0.1) is 6.92 Å². The van der Waals surface area contributed by atoms with Gasteiger partial charge in [0.1, 0.15) is 6.61 Å². The van der Waals surface area contributed by atoms with Crippen LogP contribution in [0.1, 0.15) is 30.5 Å². The molecule has 1 aromatic heterocycles. The summed E-state index contributed by atoms with van der Waals surface area (Å²) in [4.78, 5) is 21.1. The van der Waals surface area contributed by atoms with Gasteiger partial charge in [-0.25, -0.2) is 4.98 Å². The number of carbonyl (C=O) groups is 1. The SMILES string of the molecule is Cc1nc(CN2C(=O)COC3(CCN(C)CC3)[C@H]2C)cs1. The average Bonchev–Trinajstić information content (AvgIpc) is 2.88. The van der Waals surface area contributed by atoms with Gasteiger partial charge < -0.3 is 14.5 Å². The highest BCUT2D eigenvalue weighted by atomic mass is 32.1. The van der Waals surface area contributed by atoms with Crippen molar-refractivity contribution in [3.63, 3.8) is 0 Å². The van der Waals surface area contributed by atoms with E-state index >= 15 is 0 Å². The summed E-state index contributed by atoms with van der Waals surface area (Å²) in [6.45, 7) is 6.99. The second kappa shape index (κ2) is 5.66. The zero-order valence-electron chi connectivity index (χ0n) is 13.0. The molecule has 0 radical (unpaired) electrons. The lowest BCUT2D eigenvalue weighted by atomic mass is 9.82. The van der Waals surface area contributed by atoms with Gasteiger partial charge in [0.25, 0.3) is 0 Å². The van der Waals surface area contributed by atoms with Crippen LogP contribution in [0.4, 0.5) is 0 Å². The number of nitrogens with zero attached hydrogens (tertiary/aromatic N) is 3. The first kappa shape index (κ1) is 14.9. The molecule has 0 bridgehead atoms. The van der Waals surface area contributed by atoms with Gasteiger partial charge in [-0.1, -0.05) is 0 Å². The minimum absolute atomic E-state index is 0.0812. The predicted molar refractivity (Wildman–Crippen MR) is 82.3 cm³/mol. The third-order valence-electron chi connectivity index (χ3n) is 4.86. The van der Waals surface area contributed by atoms with E-state index in [-0.39, 0.29) is 24.2 Å². The molecule has 0 N–H and O–H groups in total. The highest BCUT2D eigenvalue weighted by Crippen LogP contribution is 2.36. The Bertz CT molecular complexity index is 523. The minimum atomic E-state index is -0.175. The first-order valence-electron chi connectivity index (χ1n) is 7.53. The number of likely N-dealkylation sites (tertiary alicyclic amines) is 1. The standard InChI is InChI=1S/C15H23N3O2S/c1-11-15(4-6-17(3)7-5-15)20-9-14(19)18(11)8-13-10-21-12(2)16-13/h10-11H,4-9H2,1-3H3/t11-/m1/s1. The van der Waals surface area contributed by atoms with E-state index in [0.29, 0.717) is 6.54 Å². The van der Waals surface area contributed by atoms with Gasteiger partial charge in [-0.15, -0.1) is 11.3 Å². The van der Waals surface area contributed by atoms with Crippen molar-refractivity contribution < 1.29 is 9.53 Å². The zero-order chi connectivity index (χ0) is 15.0. The number of aryl methyl sites for hydroxylation is 1. The molecule has 1 aromatic rings. The highest BCUT2D eigenvalue weighted by Gasteiger charge is 2.47. The number of carbonyl (C=O) groups excluding carboxylic acids is 1. The largest absolute Gasteiger partial charge is 0.363 e. The van der Waals surface area contributed by atoms with E-state index in [1.54, 1.807) is 11.3 Å². The molecule has 2 aliphatic rings. The Labute approximate surface area is 129 Å². The van der Waals surface area contributed by atoms with E-state index in [0.717, 1.165) is 36.6 Å². The van der Waals surface area contributed by atoms with E-state index in [2.05, 4.69) is 23.9 Å². The molecule has 5 nitrogen and oxygen atoms in total. The van der Waals surface area contributed by atoms with Crippen molar-refractivity contribution in [2.45, 2.75) is 44.9 Å². The number of ether oxygens (including phenoxy) is 1. The molecule has 1 spiro atoms. The predicted octanol–water partition coefficient (Wildman–Crippen LogP) is 1.66. The maximum absolute atomic E-state index is 12.3. The molecule has 0 unspecified atom stereocenters. The maximum atomic E-state index is 12.3. The van der Waals surface area contributed by atoms with Gasteiger partial charge in [0.05, 0.1) is 28.9 Å². The molecule has 3 rings (SSSR count). The molecule has 21 heavy (non-hydrogen) atoms. The van der Waals surface area contributed by atoms with Crippen molar-refractivity contribution in [1.82, 2.24) is 14.8 Å². The number of aromatic nitrogens is 1. The summed E-state index contributed by atoms with van der Waals surface area (Å²) in [5.74, 6) is 0.0812. The Balaban J connectivity index is 1.77. The van der Waals surface area contributed by atoms with Gasteiger partial charge in [-0.2, -0.15) is 0 Å². The van der Waals surface area contributed by atoms with Crippen LogP contribution in [-0.2, 0) is 16.1 Å². The molecule has 3 heterocycles. The smallest absolute Gasteiger partial charge is 0.249 e. The third-order valence-corrected chi connectivity index (χ3v) is 5.69. The number of hydrogen-bond acceptors (Lipinski definition) is 5. The molecular formula is C15H23N3O2S. The number of amides is 1. The molecule has 0 aliphatic carbocycles. The molecule has 2 aliphatic heterocycles. The lowest BCUT2D eigenvalue weighted by molar-refractivity contribution is -0.187. The summed E-state index contributed by atoms with van der Waals surface area (Å²) >= 11 is 1.64. The van der Waals surface area contributed by atoms with Crippen LogP contribution >= 0.6 is 11.3 Å². The number of thiazole rings is 1. The average molecular weight is 309 g/mol. The van der Waals surface area contributed by atoms with E-state index < -0.39 is 0 Å². The first-order valence-corrected chi connectivity index (χ1v) is 8.41.